The molecule has 2 aliphatic heterocycles. The van der Waals surface area contributed by atoms with Crippen molar-refractivity contribution in [3.8, 4) is 0 Å². The van der Waals surface area contributed by atoms with Crippen molar-refractivity contribution in [2.24, 2.45) is 34.6 Å². The highest BCUT2D eigenvalue weighted by Crippen LogP contribution is 2.35. The van der Waals surface area contributed by atoms with Crippen LogP contribution >= 0.6 is 0 Å². The first-order valence-corrected chi connectivity index (χ1v) is 8.44. The lowest BCUT2D eigenvalue weighted by Crippen LogP contribution is -2.60. The number of ether oxygens (including phenoxy) is 3. The van der Waals surface area contributed by atoms with Crippen molar-refractivity contribution in [1.82, 2.24) is 0 Å². The number of hydrogen-bond donors (Lipinski definition) is 5. The second kappa shape index (κ2) is 6.68. The van der Waals surface area contributed by atoms with Crippen LogP contribution in [-0.2, 0) is 14.2 Å². The third kappa shape index (κ3) is 3.94. The average molecular weight is 343 g/mol. The summed E-state index contributed by atoms with van der Waals surface area (Å²) in [6.07, 6.45) is 1.13. The molecule has 140 valence electrons. The van der Waals surface area contributed by atoms with E-state index in [2.05, 4.69) is 0 Å². The van der Waals surface area contributed by atoms with Crippen molar-refractivity contribution in [3.63, 3.8) is 0 Å². The summed E-state index contributed by atoms with van der Waals surface area (Å²) in [5.74, 6) is 0.266. The molecule has 0 aliphatic carbocycles. The lowest BCUT2D eigenvalue weighted by atomic mass is 9.81. The van der Waals surface area contributed by atoms with Crippen molar-refractivity contribution in [2.75, 3.05) is 6.61 Å². The summed E-state index contributed by atoms with van der Waals surface area (Å²) in [7, 11) is 0. The van der Waals surface area contributed by atoms with Gasteiger partial charge in [0, 0.05) is 11.5 Å². The molecule has 10 N–H and O–H groups in total. The van der Waals surface area contributed by atoms with Gasteiger partial charge < -0.3 is 42.9 Å². The molecule has 0 saturated carbocycles. The number of hydrogen-bond acceptors (Lipinski definition) is 8. The predicted molar refractivity (Wildman–Crippen MR) is 92.1 cm³/mol. The predicted octanol–water partition coefficient (Wildman–Crippen LogP) is -0.588. The third-order valence-electron chi connectivity index (χ3n) is 5.12. The molecule has 5 unspecified atom stereocenters. The Kier molecular flexibility index (Phi) is 5.37. The minimum absolute atomic E-state index is 0.0459. The highest BCUT2D eigenvalue weighted by Gasteiger charge is 2.43. The van der Waals surface area contributed by atoms with Gasteiger partial charge in [-0.25, -0.2) is 0 Å². The molecule has 0 radical (unpaired) electrons. The first kappa shape index (κ1) is 19.3. The summed E-state index contributed by atoms with van der Waals surface area (Å²) in [5.41, 5.74) is 29.1. The van der Waals surface area contributed by atoms with E-state index in [4.69, 9.17) is 42.9 Å². The van der Waals surface area contributed by atoms with Gasteiger partial charge in [0.25, 0.3) is 0 Å². The Morgan fingerprint density at radius 3 is 2.21 bits per heavy atom. The minimum atomic E-state index is -0.744. The van der Waals surface area contributed by atoms with Crippen LogP contribution in [0.3, 0.4) is 0 Å². The first-order chi connectivity index (χ1) is 10.9. The van der Waals surface area contributed by atoms with Crippen LogP contribution in [0.4, 0.5) is 0 Å². The molecule has 24 heavy (non-hydrogen) atoms. The lowest BCUT2D eigenvalue weighted by molar-refractivity contribution is -0.230. The highest BCUT2D eigenvalue weighted by atomic mass is 16.7. The fourth-order valence-corrected chi connectivity index (χ4v) is 3.20. The monoisotopic (exact) mass is 343 g/mol. The van der Waals surface area contributed by atoms with Gasteiger partial charge in [-0.2, -0.15) is 0 Å². The summed E-state index contributed by atoms with van der Waals surface area (Å²) >= 11 is 0. The lowest BCUT2D eigenvalue weighted by Gasteiger charge is -2.45. The second-order valence-corrected chi connectivity index (χ2v) is 8.05. The molecule has 0 aromatic rings. The first-order valence-electron chi connectivity index (χ1n) is 8.44. The van der Waals surface area contributed by atoms with Crippen LogP contribution in [0.25, 0.3) is 0 Å². The smallest absolute Gasteiger partial charge is 0.219 e. The number of nitrogens with two attached hydrogens (primary N) is 5. The van der Waals surface area contributed by atoms with Crippen LogP contribution in [0.1, 0.15) is 40.5 Å². The normalized spacial score (nSPS) is 35.7. The Balaban J connectivity index is 1.99. The second-order valence-electron chi connectivity index (χ2n) is 8.05. The van der Waals surface area contributed by atoms with Gasteiger partial charge in [0.15, 0.2) is 0 Å². The Bertz CT molecular complexity index is 481. The standard InChI is InChI=1S/C16H33N5O3/c1-15(2,21)9-6-5-8(7-22-9)16(3,4)24-14-12(19)10(17)11(18)13(20)23-14/h8-10,12,14H,5-7,17-21H2,1-4H3. The molecule has 5 atom stereocenters. The van der Waals surface area contributed by atoms with Gasteiger partial charge in [-0.15, -0.1) is 0 Å². The Morgan fingerprint density at radius 1 is 1.08 bits per heavy atom. The van der Waals surface area contributed by atoms with E-state index in [9.17, 15) is 0 Å². The van der Waals surface area contributed by atoms with E-state index in [1.54, 1.807) is 0 Å². The summed E-state index contributed by atoms with van der Waals surface area (Å²) in [6, 6.07) is -1.18. The molecule has 8 heteroatoms. The Hall–Kier alpha value is -1.06. The molecular formula is C16H33N5O3. The molecule has 0 spiro atoms. The molecule has 0 bridgehead atoms. The van der Waals surface area contributed by atoms with Gasteiger partial charge in [0.1, 0.15) is 0 Å². The molecular weight excluding hydrogens is 310 g/mol. The third-order valence-corrected chi connectivity index (χ3v) is 5.12. The van der Waals surface area contributed by atoms with Crippen LogP contribution < -0.4 is 28.7 Å². The fraction of sp³-hybridized carbons (Fsp3) is 0.875. The Labute approximate surface area is 144 Å². The van der Waals surface area contributed by atoms with Gasteiger partial charge in [-0.1, -0.05) is 0 Å². The van der Waals surface area contributed by atoms with E-state index in [-0.39, 0.29) is 29.1 Å². The maximum Gasteiger partial charge on any atom is 0.219 e. The molecule has 0 aromatic carbocycles. The highest BCUT2D eigenvalue weighted by molar-refractivity contribution is 5.16. The van der Waals surface area contributed by atoms with Gasteiger partial charge >= 0.3 is 0 Å². The summed E-state index contributed by atoms with van der Waals surface area (Å²) in [4.78, 5) is 0. The molecule has 0 aromatic heterocycles. The van der Waals surface area contributed by atoms with Crippen molar-refractivity contribution in [2.45, 2.75) is 76.2 Å². The van der Waals surface area contributed by atoms with Gasteiger partial charge in [-0.3, -0.25) is 0 Å². The van der Waals surface area contributed by atoms with Gasteiger partial charge in [0.2, 0.25) is 12.2 Å². The summed E-state index contributed by atoms with van der Waals surface area (Å²) in [5, 5.41) is 0. The fourth-order valence-electron chi connectivity index (χ4n) is 3.20. The Morgan fingerprint density at radius 2 is 1.71 bits per heavy atom. The topological polar surface area (TPSA) is 158 Å². The van der Waals surface area contributed by atoms with Crippen molar-refractivity contribution in [1.29, 1.82) is 0 Å². The molecule has 8 nitrogen and oxygen atoms in total. The SMILES string of the molecule is CC(C)(N)C1CCC(C(C)(C)OC2OC(N)=C(N)C(N)C2N)CO1. The van der Waals surface area contributed by atoms with Crippen molar-refractivity contribution >= 4 is 0 Å². The van der Waals surface area contributed by atoms with Crippen molar-refractivity contribution < 1.29 is 14.2 Å². The quantitative estimate of drug-likeness (QED) is 0.453. The van der Waals surface area contributed by atoms with Crippen LogP contribution in [0.15, 0.2) is 11.6 Å². The zero-order chi connectivity index (χ0) is 18.3. The van der Waals surface area contributed by atoms with E-state index in [0.29, 0.717) is 6.61 Å². The van der Waals surface area contributed by atoms with Crippen LogP contribution in [0.5, 0.6) is 0 Å². The minimum Gasteiger partial charge on any atom is -0.447 e. The maximum absolute atomic E-state index is 6.14. The molecule has 1 saturated heterocycles. The zero-order valence-corrected chi connectivity index (χ0v) is 15.1. The van der Waals surface area contributed by atoms with E-state index < -0.39 is 24.0 Å². The number of rotatable bonds is 4. The van der Waals surface area contributed by atoms with Crippen LogP contribution in [-0.4, -0.2) is 42.2 Å². The molecule has 2 heterocycles. The van der Waals surface area contributed by atoms with E-state index >= 15 is 0 Å². The van der Waals surface area contributed by atoms with Crippen LogP contribution in [0.2, 0.25) is 0 Å². The van der Waals surface area contributed by atoms with Gasteiger partial charge in [0.05, 0.1) is 36.1 Å². The zero-order valence-electron chi connectivity index (χ0n) is 15.1. The molecule has 2 rings (SSSR count). The maximum atomic E-state index is 6.14. The average Bonchev–Trinajstić information content (AvgIpc) is 2.49. The van der Waals surface area contributed by atoms with Gasteiger partial charge in [-0.05, 0) is 40.5 Å². The van der Waals surface area contributed by atoms with E-state index in [1.165, 1.54) is 0 Å². The van der Waals surface area contributed by atoms with Crippen molar-refractivity contribution in [3.05, 3.63) is 11.6 Å². The molecule has 2 aliphatic rings. The van der Waals surface area contributed by atoms with Crippen LogP contribution in [0, 0.1) is 5.92 Å². The summed E-state index contributed by atoms with van der Waals surface area (Å²) < 4.78 is 17.6. The largest absolute Gasteiger partial charge is 0.447 e. The molecule has 1 fully saturated rings. The summed E-state index contributed by atoms with van der Waals surface area (Å²) in [6.45, 7) is 8.52. The van der Waals surface area contributed by atoms with E-state index in [0.717, 1.165) is 12.8 Å². The van der Waals surface area contributed by atoms with E-state index in [1.807, 2.05) is 27.7 Å². The molecule has 0 amide bonds.